The van der Waals surface area contributed by atoms with E-state index in [1.807, 2.05) is 59.4 Å². The molecule has 0 aliphatic carbocycles. The van der Waals surface area contributed by atoms with Gasteiger partial charge in [-0.3, -0.25) is 9.48 Å². The summed E-state index contributed by atoms with van der Waals surface area (Å²) >= 11 is 0. The van der Waals surface area contributed by atoms with Gasteiger partial charge in [0.1, 0.15) is 5.82 Å². The van der Waals surface area contributed by atoms with Crippen LogP contribution in [0.15, 0.2) is 67.0 Å². The fourth-order valence-electron chi connectivity index (χ4n) is 3.68. The number of anilines is 1. The van der Waals surface area contributed by atoms with Gasteiger partial charge < -0.3 is 9.47 Å². The van der Waals surface area contributed by atoms with E-state index in [-0.39, 0.29) is 11.9 Å². The van der Waals surface area contributed by atoms with Gasteiger partial charge >= 0.3 is 0 Å². The molecule has 148 valence electrons. The first-order valence-electron chi connectivity index (χ1n) is 9.83. The minimum Gasteiger partial charge on any atom is -0.324 e. The number of hydrogen-bond donors (Lipinski definition) is 0. The van der Waals surface area contributed by atoms with Crippen molar-refractivity contribution in [3.63, 3.8) is 0 Å². The van der Waals surface area contributed by atoms with Crippen LogP contribution in [-0.2, 0) is 17.9 Å². The van der Waals surface area contributed by atoms with E-state index < -0.39 is 0 Å². The molecular formula is C23H25N5O. The quantitative estimate of drug-likeness (QED) is 0.492. The van der Waals surface area contributed by atoms with Gasteiger partial charge in [-0.25, -0.2) is 4.98 Å². The summed E-state index contributed by atoms with van der Waals surface area (Å²) < 4.78 is 4.11. The molecule has 2 heterocycles. The van der Waals surface area contributed by atoms with Crippen molar-refractivity contribution < 1.29 is 4.79 Å². The highest BCUT2D eigenvalue weighted by molar-refractivity contribution is 5.94. The zero-order valence-corrected chi connectivity index (χ0v) is 17.0. The van der Waals surface area contributed by atoms with Crippen molar-refractivity contribution in [1.82, 2.24) is 19.3 Å². The Kier molecular flexibility index (Phi) is 5.16. The number of amides is 1. The van der Waals surface area contributed by atoms with Crippen molar-refractivity contribution in [2.24, 2.45) is 0 Å². The van der Waals surface area contributed by atoms with E-state index in [0.717, 1.165) is 28.1 Å². The molecule has 4 rings (SSSR count). The van der Waals surface area contributed by atoms with Gasteiger partial charge in [0.25, 0.3) is 0 Å². The summed E-state index contributed by atoms with van der Waals surface area (Å²) in [6.07, 6.45) is 3.71. The first-order valence-corrected chi connectivity index (χ1v) is 9.83. The largest absolute Gasteiger partial charge is 0.324 e. The molecule has 2 aromatic heterocycles. The number of carbonyl (C=O) groups excluding carboxylic acids is 1. The third kappa shape index (κ3) is 3.92. The minimum absolute atomic E-state index is 0.00765. The second-order valence-corrected chi connectivity index (χ2v) is 7.46. The molecule has 0 unspecified atom stereocenters. The Balaban J connectivity index is 1.73. The first kappa shape index (κ1) is 18.9. The average molecular weight is 387 g/mol. The van der Waals surface area contributed by atoms with Gasteiger partial charge in [0.15, 0.2) is 0 Å². The molecule has 0 N–H and O–H groups in total. The SMILES string of the molecule is CC(=O)N(Cc1ccccc1)c1ccc2c(c1)nc(Cn1cccn1)n2C(C)C. The molecule has 1 amide bonds. The number of nitrogens with zero attached hydrogens (tertiary/aromatic N) is 5. The van der Waals surface area contributed by atoms with E-state index in [9.17, 15) is 4.79 Å². The highest BCUT2D eigenvalue weighted by atomic mass is 16.2. The van der Waals surface area contributed by atoms with Crippen molar-refractivity contribution in [2.45, 2.75) is 39.9 Å². The van der Waals surface area contributed by atoms with Gasteiger partial charge in [-0.15, -0.1) is 0 Å². The van der Waals surface area contributed by atoms with Gasteiger partial charge in [-0.1, -0.05) is 30.3 Å². The lowest BCUT2D eigenvalue weighted by molar-refractivity contribution is -0.116. The first-order chi connectivity index (χ1) is 14.0. The number of imidazole rings is 1. The Hall–Kier alpha value is -3.41. The highest BCUT2D eigenvalue weighted by Gasteiger charge is 2.17. The van der Waals surface area contributed by atoms with Gasteiger partial charge in [0, 0.05) is 31.0 Å². The smallest absolute Gasteiger partial charge is 0.224 e. The third-order valence-corrected chi connectivity index (χ3v) is 5.00. The second kappa shape index (κ2) is 7.91. The van der Waals surface area contributed by atoms with Gasteiger partial charge in [-0.2, -0.15) is 5.10 Å². The molecule has 0 aliphatic heterocycles. The van der Waals surface area contributed by atoms with Gasteiger partial charge in [0.05, 0.1) is 24.1 Å². The lowest BCUT2D eigenvalue weighted by Crippen LogP contribution is -2.27. The Morgan fingerprint density at radius 1 is 1.10 bits per heavy atom. The van der Waals surface area contributed by atoms with E-state index in [2.05, 4.69) is 29.6 Å². The van der Waals surface area contributed by atoms with Crippen LogP contribution >= 0.6 is 0 Å². The molecule has 0 spiro atoms. The molecule has 0 radical (unpaired) electrons. The van der Waals surface area contributed by atoms with Crippen LogP contribution in [0.3, 0.4) is 0 Å². The van der Waals surface area contributed by atoms with Crippen LogP contribution in [-0.4, -0.2) is 25.2 Å². The summed E-state index contributed by atoms with van der Waals surface area (Å²) in [5, 5.41) is 4.31. The maximum Gasteiger partial charge on any atom is 0.224 e. The zero-order valence-electron chi connectivity index (χ0n) is 17.0. The maximum absolute atomic E-state index is 12.4. The van der Waals surface area contributed by atoms with Crippen LogP contribution < -0.4 is 4.90 Å². The van der Waals surface area contributed by atoms with Crippen LogP contribution in [0.4, 0.5) is 5.69 Å². The zero-order chi connectivity index (χ0) is 20.4. The molecule has 2 aromatic carbocycles. The predicted octanol–water partition coefficient (Wildman–Crippen LogP) is 4.42. The fraction of sp³-hybridized carbons (Fsp3) is 0.261. The lowest BCUT2D eigenvalue weighted by Gasteiger charge is -2.21. The Morgan fingerprint density at radius 3 is 2.55 bits per heavy atom. The summed E-state index contributed by atoms with van der Waals surface area (Å²) in [6, 6.07) is 18.3. The van der Waals surface area contributed by atoms with Crippen molar-refractivity contribution in [3.8, 4) is 0 Å². The number of rotatable bonds is 6. The van der Waals surface area contributed by atoms with Crippen LogP contribution in [0.2, 0.25) is 0 Å². The van der Waals surface area contributed by atoms with Gasteiger partial charge in [0.2, 0.25) is 5.91 Å². The van der Waals surface area contributed by atoms with Crippen LogP contribution in [0.1, 0.15) is 38.2 Å². The highest BCUT2D eigenvalue weighted by Crippen LogP contribution is 2.27. The molecule has 6 heteroatoms. The fourth-order valence-corrected chi connectivity index (χ4v) is 3.68. The topological polar surface area (TPSA) is 56.0 Å². The van der Waals surface area contributed by atoms with Crippen molar-refractivity contribution in [3.05, 3.63) is 78.4 Å². The molecule has 0 atom stereocenters. The van der Waals surface area contributed by atoms with E-state index >= 15 is 0 Å². The van der Waals surface area contributed by atoms with Crippen molar-refractivity contribution in [2.75, 3.05) is 4.90 Å². The molecule has 0 bridgehead atoms. The summed E-state index contributed by atoms with van der Waals surface area (Å²) in [6.45, 7) is 7.04. The molecule has 6 nitrogen and oxygen atoms in total. The average Bonchev–Trinajstić information content (AvgIpc) is 3.33. The summed E-state index contributed by atoms with van der Waals surface area (Å²) in [4.78, 5) is 19.0. The van der Waals surface area contributed by atoms with E-state index in [1.54, 1.807) is 18.0 Å². The van der Waals surface area contributed by atoms with Crippen LogP contribution in [0.5, 0.6) is 0 Å². The minimum atomic E-state index is 0.00765. The van der Waals surface area contributed by atoms with E-state index in [4.69, 9.17) is 4.98 Å². The standard InChI is InChI=1S/C23H25N5O/c1-17(2)28-22-11-10-20(27(18(3)29)15-19-8-5-4-6-9-19)14-21(22)25-23(28)16-26-13-7-12-24-26/h4-14,17H,15-16H2,1-3H3. The van der Waals surface area contributed by atoms with Gasteiger partial charge in [-0.05, 0) is 43.7 Å². The molecule has 0 aliphatic rings. The maximum atomic E-state index is 12.4. The summed E-state index contributed by atoms with van der Waals surface area (Å²) in [5.74, 6) is 0.960. The number of aromatic nitrogens is 4. The number of benzene rings is 2. The third-order valence-electron chi connectivity index (χ3n) is 5.00. The van der Waals surface area contributed by atoms with Crippen molar-refractivity contribution in [1.29, 1.82) is 0 Å². The number of fused-ring (bicyclic) bond motifs is 1. The van der Waals surface area contributed by atoms with E-state index in [0.29, 0.717) is 13.1 Å². The predicted molar refractivity (Wildman–Crippen MR) is 115 cm³/mol. The Bertz CT molecular complexity index is 1110. The molecular weight excluding hydrogens is 362 g/mol. The molecule has 0 fully saturated rings. The molecule has 0 saturated carbocycles. The van der Waals surface area contributed by atoms with E-state index in [1.165, 1.54) is 0 Å². The second-order valence-electron chi connectivity index (χ2n) is 7.46. The number of hydrogen-bond acceptors (Lipinski definition) is 3. The number of carbonyl (C=O) groups is 1. The van der Waals surface area contributed by atoms with Crippen LogP contribution in [0, 0.1) is 0 Å². The summed E-state index contributed by atoms with van der Waals surface area (Å²) in [5.41, 5.74) is 3.90. The summed E-state index contributed by atoms with van der Waals surface area (Å²) in [7, 11) is 0. The molecule has 0 saturated heterocycles. The monoisotopic (exact) mass is 387 g/mol. The molecule has 4 aromatic rings. The Labute approximate surface area is 170 Å². The lowest BCUT2D eigenvalue weighted by atomic mass is 10.2. The van der Waals surface area contributed by atoms with Crippen LogP contribution in [0.25, 0.3) is 11.0 Å². The normalized spacial score (nSPS) is 11.3. The molecule has 29 heavy (non-hydrogen) atoms. The van der Waals surface area contributed by atoms with Crippen molar-refractivity contribution >= 4 is 22.6 Å². The Morgan fingerprint density at radius 2 is 1.90 bits per heavy atom.